The van der Waals surface area contributed by atoms with E-state index in [2.05, 4.69) is 16.1 Å². The molecule has 2 aromatic carbocycles. The second-order valence-electron chi connectivity index (χ2n) is 7.66. The first-order valence-electron chi connectivity index (χ1n) is 9.38. The molecular weight excluding hydrogens is 340 g/mol. The maximum atomic E-state index is 11.3. The summed E-state index contributed by atoms with van der Waals surface area (Å²) in [6, 6.07) is 12.0. The van der Waals surface area contributed by atoms with Gasteiger partial charge in [-0.05, 0) is 69.0 Å². The lowest BCUT2D eigenvalue weighted by Crippen LogP contribution is -2.25. The summed E-state index contributed by atoms with van der Waals surface area (Å²) in [6.45, 7) is 7.00. The van der Waals surface area contributed by atoms with Crippen molar-refractivity contribution in [2.45, 2.75) is 45.6 Å². The summed E-state index contributed by atoms with van der Waals surface area (Å²) in [6.07, 6.45) is 3.62. The van der Waals surface area contributed by atoms with Crippen LogP contribution in [0.25, 0.3) is 0 Å². The van der Waals surface area contributed by atoms with Gasteiger partial charge in [-0.2, -0.15) is 4.91 Å². The van der Waals surface area contributed by atoms with Gasteiger partial charge in [0.15, 0.2) is 0 Å². The minimum Gasteiger partial charge on any atom is -0.494 e. The predicted molar refractivity (Wildman–Crippen MR) is 108 cm³/mol. The maximum absolute atomic E-state index is 11.3. The van der Waals surface area contributed by atoms with Crippen LogP contribution in [0.15, 0.2) is 41.6 Å². The quantitative estimate of drug-likeness (QED) is 0.499. The highest BCUT2D eigenvalue weighted by Crippen LogP contribution is 2.37. The number of aryl methyl sites for hydroxylation is 1. The van der Waals surface area contributed by atoms with Crippen LogP contribution in [0.4, 0.5) is 11.4 Å². The number of hydrogen-bond donors (Lipinski definition) is 0. The van der Waals surface area contributed by atoms with Gasteiger partial charge >= 0.3 is 0 Å². The summed E-state index contributed by atoms with van der Waals surface area (Å²) in [5.74, 6) is 0.774. The van der Waals surface area contributed by atoms with Crippen LogP contribution in [0, 0.1) is 11.8 Å². The van der Waals surface area contributed by atoms with Gasteiger partial charge in [-0.25, -0.2) is 0 Å². The number of benzene rings is 2. The van der Waals surface area contributed by atoms with E-state index in [1.807, 2.05) is 37.3 Å². The lowest BCUT2D eigenvalue weighted by atomic mass is 9.94. The fraction of sp³-hybridized carbons (Fsp3) is 0.409. The van der Waals surface area contributed by atoms with E-state index in [-0.39, 0.29) is 0 Å². The first-order valence-corrected chi connectivity index (χ1v) is 9.38. The number of aldehydes is 1. The Labute approximate surface area is 160 Å². The second kappa shape index (κ2) is 7.91. The van der Waals surface area contributed by atoms with Gasteiger partial charge in [0.25, 0.3) is 0 Å². The summed E-state index contributed by atoms with van der Waals surface area (Å²) in [5, 5.41) is 3.11. The van der Waals surface area contributed by atoms with E-state index in [0.29, 0.717) is 13.0 Å². The number of rotatable bonds is 7. The number of nitrogens with zero attached hydrogens (tertiary/aromatic N) is 2. The topological polar surface area (TPSA) is 59.0 Å². The van der Waals surface area contributed by atoms with E-state index in [0.717, 1.165) is 53.9 Å². The number of carbonyl (C=O) groups excluding carboxylic acids is 1. The maximum Gasteiger partial charge on any atom is 0.150 e. The lowest BCUT2D eigenvalue weighted by molar-refractivity contribution is 0.112. The summed E-state index contributed by atoms with van der Waals surface area (Å²) in [4.78, 5) is 24.3. The third kappa shape index (κ3) is 4.18. The van der Waals surface area contributed by atoms with Crippen molar-refractivity contribution in [2.24, 2.45) is 5.18 Å². The van der Waals surface area contributed by atoms with Gasteiger partial charge in [-0.1, -0.05) is 17.3 Å². The van der Waals surface area contributed by atoms with Gasteiger partial charge in [0, 0.05) is 29.9 Å². The highest BCUT2D eigenvalue weighted by Gasteiger charge is 2.22. The molecule has 3 rings (SSSR count). The predicted octanol–water partition coefficient (Wildman–Crippen LogP) is 5.21. The van der Waals surface area contributed by atoms with Gasteiger partial charge in [0.05, 0.1) is 6.61 Å². The fourth-order valence-electron chi connectivity index (χ4n) is 3.46. The second-order valence-corrected chi connectivity index (χ2v) is 7.66. The summed E-state index contributed by atoms with van der Waals surface area (Å²) >= 11 is 0. The first kappa shape index (κ1) is 19.1. The molecule has 0 fully saturated rings. The average molecular weight is 366 g/mol. The van der Waals surface area contributed by atoms with Crippen LogP contribution in [-0.4, -0.2) is 25.0 Å². The van der Waals surface area contributed by atoms with E-state index in [1.54, 1.807) is 13.8 Å². The number of fused-ring (bicyclic) bond motifs is 1. The SMILES string of the molecule is Cc1c(C=O)ccc2c1N(c1ccc(OCCC(C)(C)N=O)cc1)CCC2. The minimum absolute atomic E-state index is 0.451. The third-order valence-electron chi connectivity index (χ3n) is 5.16. The molecule has 0 amide bonds. The number of anilines is 2. The van der Waals surface area contributed by atoms with Gasteiger partial charge in [0.1, 0.15) is 17.6 Å². The van der Waals surface area contributed by atoms with E-state index < -0.39 is 5.54 Å². The molecule has 0 atom stereocenters. The third-order valence-corrected chi connectivity index (χ3v) is 5.16. The van der Waals surface area contributed by atoms with Crippen LogP contribution in [0.1, 0.15) is 48.2 Å². The van der Waals surface area contributed by atoms with Crippen molar-refractivity contribution in [1.82, 2.24) is 0 Å². The first-order chi connectivity index (χ1) is 12.9. The molecule has 0 aliphatic carbocycles. The van der Waals surface area contributed by atoms with Crippen molar-refractivity contribution >= 4 is 17.7 Å². The van der Waals surface area contributed by atoms with Crippen molar-refractivity contribution in [3.8, 4) is 5.75 Å². The van der Waals surface area contributed by atoms with Gasteiger partial charge < -0.3 is 9.64 Å². The number of ether oxygens (including phenoxy) is 1. The van der Waals surface area contributed by atoms with Gasteiger partial charge in [-0.15, -0.1) is 0 Å². The molecule has 0 saturated carbocycles. The van der Waals surface area contributed by atoms with E-state index >= 15 is 0 Å². The number of hydrogen-bond acceptors (Lipinski definition) is 5. The molecule has 0 saturated heterocycles. The van der Waals surface area contributed by atoms with Crippen LogP contribution < -0.4 is 9.64 Å². The molecule has 27 heavy (non-hydrogen) atoms. The molecule has 1 heterocycles. The largest absolute Gasteiger partial charge is 0.494 e. The molecule has 0 bridgehead atoms. The molecule has 5 nitrogen and oxygen atoms in total. The van der Waals surface area contributed by atoms with Gasteiger partial charge in [0.2, 0.25) is 0 Å². The van der Waals surface area contributed by atoms with Crippen LogP contribution >= 0.6 is 0 Å². The molecule has 1 aliphatic heterocycles. The standard InChI is InChI=1S/C22H26N2O3/c1-16-18(15-25)7-6-17-5-4-13-24(21(16)17)19-8-10-20(11-9-19)27-14-12-22(2,3)23-26/h6-11,15H,4-5,12-14H2,1-3H3. The zero-order chi connectivity index (χ0) is 19.4. The van der Waals surface area contributed by atoms with Gasteiger partial charge in [-0.3, -0.25) is 4.79 Å². The van der Waals surface area contributed by atoms with E-state index in [9.17, 15) is 9.70 Å². The highest BCUT2D eigenvalue weighted by atomic mass is 16.5. The molecule has 0 spiro atoms. The molecule has 0 aromatic heterocycles. The Hall–Kier alpha value is -2.69. The molecule has 0 unspecified atom stereocenters. The van der Waals surface area contributed by atoms with Crippen LogP contribution in [0.2, 0.25) is 0 Å². The monoisotopic (exact) mass is 366 g/mol. The zero-order valence-electron chi connectivity index (χ0n) is 16.2. The molecule has 142 valence electrons. The molecule has 2 aromatic rings. The van der Waals surface area contributed by atoms with Crippen LogP contribution in [0.3, 0.4) is 0 Å². The zero-order valence-corrected chi connectivity index (χ0v) is 16.2. The highest BCUT2D eigenvalue weighted by molar-refractivity contribution is 5.84. The van der Waals surface area contributed by atoms with Crippen molar-refractivity contribution < 1.29 is 9.53 Å². The molecule has 5 heteroatoms. The lowest BCUT2D eigenvalue weighted by Gasteiger charge is -2.33. The Morgan fingerprint density at radius 1 is 1.19 bits per heavy atom. The van der Waals surface area contributed by atoms with Crippen molar-refractivity contribution in [3.05, 3.63) is 58.0 Å². The molecular formula is C22H26N2O3. The Morgan fingerprint density at radius 3 is 2.59 bits per heavy atom. The fourth-order valence-corrected chi connectivity index (χ4v) is 3.46. The van der Waals surface area contributed by atoms with E-state index in [4.69, 9.17) is 4.74 Å². The smallest absolute Gasteiger partial charge is 0.150 e. The summed E-state index contributed by atoms with van der Waals surface area (Å²) in [5.41, 5.74) is 4.69. The Morgan fingerprint density at radius 2 is 1.93 bits per heavy atom. The minimum atomic E-state index is -0.606. The Balaban J connectivity index is 1.77. The van der Waals surface area contributed by atoms with Crippen molar-refractivity contribution in [2.75, 3.05) is 18.1 Å². The van der Waals surface area contributed by atoms with Crippen LogP contribution in [0.5, 0.6) is 5.75 Å². The normalized spacial score (nSPS) is 13.8. The number of nitroso groups, excluding NO2 is 1. The Kier molecular flexibility index (Phi) is 5.59. The van der Waals surface area contributed by atoms with Crippen molar-refractivity contribution in [1.29, 1.82) is 0 Å². The van der Waals surface area contributed by atoms with E-state index in [1.165, 1.54) is 5.56 Å². The molecule has 0 radical (unpaired) electrons. The Bertz CT molecular complexity index is 828. The van der Waals surface area contributed by atoms with Crippen LogP contribution in [-0.2, 0) is 6.42 Å². The summed E-state index contributed by atoms with van der Waals surface area (Å²) in [7, 11) is 0. The molecule has 0 N–H and O–H groups in total. The molecule has 1 aliphatic rings. The van der Waals surface area contributed by atoms with Crippen molar-refractivity contribution in [3.63, 3.8) is 0 Å². The average Bonchev–Trinajstić information content (AvgIpc) is 2.68. The number of carbonyl (C=O) groups is 1. The summed E-state index contributed by atoms with van der Waals surface area (Å²) < 4.78 is 5.75.